The van der Waals surface area contributed by atoms with Crippen LogP contribution in [0.25, 0.3) is 0 Å². The molecular weight excluding hydrogens is 227 g/mol. The van der Waals surface area contributed by atoms with Crippen molar-refractivity contribution in [2.75, 3.05) is 20.4 Å². The van der Waals surface area contributed by atoms with Gasteiger partial charge < -0.3 is 9.05 Å². The van der Waals surface area contributed by atoms with Crippen molar-refractivity contribution < 1.29 is 22.5 Å². The zero-order chi connectivity index (χ0) is 15.1. The Labute approximate surface area is 102 Å². The van der Waals surface area contributed by atoms with Gasteiger partial charge in [0.1, 0.15) is 11.9 Å². The third kappa shape index (κ3) is 6.41. The monoisotopic (exact) mass is 253 g/mol. The van der Waals surface area contributed by atoms with E-state index >= 15 is 0 Å². The predicted molar refractivity (Wildman–Crippen MR) is 64.8 cm³/mol. The second kappa shape index (κ2) is 7.99. The maximum Gasteiger partial charge on any atom is 0.337 e. The van der Waals surface area contributed by atoms with Crippen LogP contribution in [0.15, 0.2) is 0 Å². The van der Waals surface area contributed by atoms with E-state index < -0.39 is 26.1 Å². The highest BCUT2D eigenvalue weighted by Crippen LogP contribution is 2.46. The summed E-state index contributed by atoms with van der Waals surface area (Å²) in [5.74, 6) is -1.09. The minimum Gasteiger partial charge on any atom is -0.312 e. The lowest BCUT2D eigenvalue weighted by Crippen LogP contribution is -2.11. The van der Waals surface area contributed by atoms with Crippen molar-refractivity contribution >= 4 is 13.4 Å². The first-order chi connectivity index (χ1) is 8.68. The Balaban J connectivity index is 4.59. The third-order valence-electron chi connectivity index (χ3n) is 2.31. The fourth-order valence-corrected chi connectivity index (χ4v) is 2.28. The van der Waals surface area contributed by atoms with E-state index in [0.29, 0.717) is 6.42 Å². The average Bonchev–Trinajstić information content (AvgIpc) is 2.32. The normalized spacial score (nSPS) is 17.3. The molecule has 0 spiro atoms. The molecule has 0 bridgehead atoms. The highest BCUT2D eigenvalue weighted by atomic mass is 31.2. The van der Waals surface area contributed by atoms with Crippen molar-refractivity contribution in [3.63, 3.8) is 0 Å². The smallest absolute Gasteiger partial charge is 0.312 e. The molecule has 0 aromatic rings. The molecule has 96 valence electrons. The van der Waals surface area contributed by atoms with E-state index in [4.69, 9.17) is 4.11 Å². The maximum absolute atomic E-state index is 11.8. The van der Waals surface area contributed by atoms with Gasteiger partial charge in [-0.1, -0.05) is 33.0 Å². The summed E-state index contributed by atoms with van der Waals surface area (Å²) in [5.41, 5.74) is 0. The molecule has 0 aliphatic heterocycles. The SMILES string of the molecule is [2H]C([2H])([2H])[C@@H](CCCC)CC(=O)CP(=O)(OC)OC. The molecule has 0 saturated heterocycles. The summed E-state index contributed by atoms with van der Waals surface area (Å²) < 4.78 is 43.4. The maximum atomic E-state index is 11.8. The number of carbonyl (C=O) groups is 1. The Bertz CT molecular complexity index is 322. The quantitative estimate of drug-likeness (QED) is 0.592. The molecule has 5 heteroatoms. The van der Waals surface area contributed by atoms with Crippen molar-refractivity contribution in [1.29, 1.82) is 0 Å². The largest absolute Gasteiger partial charge is 0.337 e. The number of ketones is 1. The number of hydrogen-bond donors (Lipinski definition) is 0. The van der Waals surface area contributed by atoms with E-state index in [1.165, 1.54) is 14.2 Å². The average molecular weight is 253 g/mol. The molecule has 0 aliphatic rings. The second-order valence-corrected chi connectivity index (χ2v) is 5.98. The topological polar surface area (TPSA) is 52.6 Å². The predicted octanol–water partition coefficient (Wildman–Crippen LogP) is 3.26. The summed E-state index contributed by atoms with van der Waals surface area (Å²) in [6.07, 6.45) is 1.59. The molecule has 0 heterocycles. The van der Waals surface area contributed by atoms with Crippen LogP contribution in [0.1, 0.15) is 43.6 Å². The van der Waals surface area contributed by atoms with Gasteiger partial charge in [0.25, 0.3) is 0 Å². The molecule has 0 unspecified atom stereocenters. The van der Waals surface area contributed by atoms with Crippen LogP contribution in [0.4, 0.5) is 0 Å². The van der Waals surface area contributed by atoms with Gasteiger partial charge >= 0.3 is 7.60 Å². The molecule has 4 nitrogen and oxygen atoms in total. The van der Waals surface area contributed by atoms with Gasteiger partial charge in [-0.05, 0) is 5.92 Å². The van der Waals surface area contributed by atoms with E-state index in [2.05, 4.69) is 9.05 Å². The van der Waals surface area contributed by atoms with Crippen LogP contribution < -0.4 is 0 Å². The van der Waals surface area contributed by atoms with Gasteiger partial charge in [-0.25, -0.2) is 0 Å². The fraction of sp³-hybridized carbons (Fsp3) is 0.909. The van der Waals surface area contributed by atoms with Crippen molar-refractivity contribution in [1.82, 2.24) is 0 Å². The summed E-state index contributed by atoms with van der Waals surface area (Å²) in [4.78, 5) is 11.8. The van der Waals surface area contributed by atoms with E-state index in [1.54, 1.807) is 0 Å². The van der Waals surface area contributed by atoms with Gasteiger partial charge in [0.05, 0.1) is 0 Å². The van der Waals surface area contributed by atoms with Gasteiger partial charge in [0, 0.05) is 24.8 Å². The molecule has 0 aliphatic carbocycles. The Kier molecular flexibility index (Phi) is 5.47. The summed E-state index contributed by atoms with van der Waals surface area (Å²) in [6, 6.07) is 0. The molecule has 0 saturated carbocycles. The first-order valence-electron chi connectivity index (χ1n) is 6.90. The van der Waals surface area contributed by atoms with Crippen molar-refractivity contribution in [2.45, 2.75) is 39.5 Å². The number of hydrogen-bond acceptors (Lipinski definition) is 4. The molecule has 1 atom stereocenters. The lowest BCUT2D eigenvalue weighted by atomic mass is 9.99. The van der Waals surface area contributed by atoms with Crippen LogP contribution in [0, 0.1) is 5.92 Å². The third-order valence-corrected chi connectivity index (χ3v) is 4.16. The molecular formula is C11H23O4P. The number of rotatable bonds is 9. The van der Waals surface area contributed by atoms with Crippen molar-refractivity contribution in [3.05, 3.63) is 0 Å². The molecule has 0 aromatic carbocycles. The molecule has 0 N–H and O–H groups in total. The number of Topliss-reactive ketones (excluding diaryl/α,β-unsaturated/α-hetero) is 1. The van der Waals surface area contributed by atoms with Crippen LogP contribution >= 0.6 is 7.60 Å². The van der Waals surface area contributed by atoms with Gasteiger partial charge in [0.15, 0.2) is 0 Å². The first kappa shape index (κ1) is 10.9. The molecule has 0 rings (SSSR count). The molecule has 0 fully saturated rings. The number of carbonyl (C=O) groups excluding carboxylic acids is 1. The Morgan fingerprint density at radius 3 is 2.50 bits per heavy atom. The van der Waals surface area contributed by atoms with Crippen molar-refractivity contribution in [2.24, 2.45) is 5.92 Å². The van der Waals surface area contributed by atoms with Crippen LogP contribution in [-0.2, 0) is 18.4 Å². The molecule has 0 radical (unpaired) electrons. The minimum atomic E-state index is -3.40. The zero-order valence-electron chi connectivity index (χ0n) is 13.2. The summed E-state index contributed by atoms with van der Waals surface area (Å²) in [5, 5.41) is 0. The standard InChI is InChI=1S/C11H23O4P/c1-5-6-7-10(2)8-11(12)9-16(13,14-3)15-4/h10H,5-9H2,1-4H3/t10-/m0/s1/i2D3. The van der Waals surface area contributed by atoms with Gasteiger partial charge in [-0.15, -0.1) is 0 Å². The highest BCUT2D eigenvalue weighted by molar-refractivity contribution is 7.54. The first-order valence-corrected chi connectivity index (χ1v) is 7.13. The fourth-order valence-electron chi connectivity index (χ4n) is 1.31. The lowest BCUT2D eigenvalue weighted by molar-refractivity contribution is -0.117. The Morgan fingerprint density at radius 2 is 2.06 bits per heavy atom. The van der Waals surface area contributed by atoms with Crippen LogP contribution in [0.2, 0.25) is 0 Å². The van der Waals surface area contributed by atoms with E-state index in [0.717, 1.165) is 12.8 Å². The molecule has 0 aromatic heterocycles. The number of unbranched alkanes of at least 4 members (excludes halogenated alkanes) is 1. The van der Waals surface area contributed by atoms with E-state index in [-0.39, 0.29) is 12.6 Å². The highest BCUT2D eigenvalue weighted by Gasteiger charge is 2.25. The zero-order valence-corrected chi connectivity index (χ0v) is 11.1. The van der Waals surface area contributed by atoms with Crippen LogP contribution in [-0.4, -0.2) is 26.2 Å². The van der Waals surface area contributed by atoms with Gasteiger partial charge in [-0.2, -0.15) is 0 Å². The lowest BCUT2D eigenvalue weighted by Gasteiger charge is -2.14. The van der Waals surface area contributed by atoms with E-state index in [9.17, 15) is 9.36 Å². The van der Waals surface area contributed by atoms with Crippen molar-refractivity contribution in [3.8, 4) is 0 Å². The summed E-state index contributed by atoms with van der Waals surface area (Å²) in [6.45, 7) is -0.211. The van der Waals surface area contributed by atoms with Gasteiger partial charge in [0.2, 0.25) is 0 Å². The molecule has 16 heavy (non-hydrogen) atoms. The van der Waals surface area contributed by atoms with E-state index in [1.807, 2.05) is 6.92 Å². The summed E-state index contributed by atoms with van der Waals surface area (Å²) >= 11 is 0. The van der Waals surface area contributed by atoms with Crippen LogP contribution in [0.3, 0.4) is 0 Å². The molecule has 0 amide bonds. The summed E-state index contributed by atoms with van der Waals surface area (Å²) in [7, 11) is -0.996. The minimum absolute atomic E-state index is 0.118. The second-order valence-electron chi connectivity index (χ2n) is 3.72. The van der Waals surface area contributed by atoms with Crippen LogP contribution in [0.5, 0.6) is 0 Å². The Hall–Kier alpha value is -0.180. The van der Waals surface area contributed by atoms with Gasteiger partial charge in [-0.3, -0.25) is 9.36 Å². The Morgan fingerprint density at radius 1 is 1.44 bits per heavy atom.